The second kappa shape index (κ2) is 4.82. The molecule has 7 nitrogen and oxygen atoms in total. The normalized spacial score (nSPS) is 11.5. The van der Waals surface area contributed by atoms with Crippen molar-refractivity contribution in [1.29, 1.82) is 0 Å². The summed E-state index contributed by atoms with van der Waals surface area (Å²) in [5.74, 6) is 0.103. The number of nitrogens with one attached hydrogen (secondary N) is 1. The Labute approximate surface area is 118 Å². The lowest BCUT2D eigenvalue weighted by Gasteiger charge is -2.09. The molecule has 0 aliphatic carbocycles. The average molecular weight is 347 g/mol. The Morgan fingerprint density at radius 3 is 2.63 bits per heavy atom. The Morgan fingerprint density at radius 2 is 2.11 bits per heavy atom. The first kappa shape index (κ1) is 13.8. The summed E-state index contributed by atoms with van der Waals surface area (Å²) in [6.07, 6.45) is 0. The van der Waals surface area contributed by atoms with E-state index in [9.17, 15) is 13.5 Å². The molecule has 0 fully saturated rings. The van der Waals surface area contributed by atoms with Gasteiger partial charge in [0.2, 0.25) is 5.03 Å². The first-order valence-electron chi connectivity index (χ1n) is 5.19. The third kappa shape index (κ3) is 2.71. The van der Waals surface area contributed by atoms with Gasteiger partial charge in [-0.2, -0.15) is 8.42 Å². The third-order valence-electron chi connectivity index (χ3n) is 2.44. The summed E-state index contributed by atoms with van der Waals surface area (Å²) < 4.78 is 28.1. The van der Waals surface area contributed by atoms with Crippen LogP contribution in [0.3, 0.4) is 0 Å². The van der Waals surface area contributed by atoms with Crippen molar-refractivity contribution >= 4 is 31.6 Å². The van der Waals surface area contributed by atoms with E-state index in [1.54, 1.807) is 6.92 Å². The van der Waals surface area contributed by atoms with E-state index < -0.39 is 10.0 Å². The van der Waals surface area contributed by atoms with E-state index in [1.807, 2.05) is 0 Å². The predicted octanol–water partition coefficient (Wildman–Crippen LogP) is 1.39. The maximum atomic E-state index is 12.2. The number of nitrogens with zero attached hydrogens (tertiary/aromatic N) is 3. The summed E-state index contributed by atoms with van der Waals surface area (Å²) in [7, 11) is -2.32. The van der Waals surface area contributed by atoms with Gasteiger partial charge in [-0.3, -0.25) is 4.72 Å². The molecule has 1 aromatic heterocycles. The lowest BCUT2D eigenvalue weighted by Crippen LogP contribution is -2.17. The van der Waals surface area contributed by atoms with Gasteiger partial charge in [-0.15, -0.1) is 5.10 Å². The maximum absolute atomic E-state index is 12.2. The number of rotatable bonds is 3. The number of phenols is 1. The topological polar surface area (TPSA) is 97.1 Å². The van der Waals surface area contributed by atoms with Crippen LogP contribution in [0.25, 0.3) is 0 Å². The molecule has 0 aliphatic rings. The van der Waals surface area contributed by atoms with Crippen molar-refractivity contribution in [1.82, 2.24) is 15.0 Å². The third-order valence-corrected chi connectivity index (χ3v) is 4.71. The maximum Gasteiger partial charge on any atom is 0.281 e. The van der Waals surface area contributed by atoms with Crippen LogP contribution in [0.15, 0.2) is 27.8 Å². The fourth-order valence-corrected chi connectivity index (χ4v) is 3.68. The molecule has 102 valence electrons. The van der Waals surface area contributed by atoms with Crippen LogP contribution in [0.2, 0.25) is 0 Å². The van der Waals surface area contributed by atoms with E-state index >= 15 is 0 Å². The highest BCUT2D eigenvalue weighted by Gasteiger charge is 2.24. The molecule has 0 saturated carbocycles. The lowest BCUT2D eigenvalue weighted by atomic mass is 10.2. The van der Waals surface area contributed by atoms with Crippen LogP contribution in [0, 0.1) is 6.92 Å². The minimum atomic E-state index is -3.80. The number of anilines is 1. The van der Waals surface area contributed by atoms with Gasteiger partial charge < -0.3 is 5.11 Å². The van der Waals surface area contributed by atoms with Crippen molar-refractivity contribution in [3.63, 3.8) is 0 Å². The summed E-state index contributed by atoms with van der Waals surface area (Å²) in [4.78, 5) is 0. The van der Waals surface area contributed by atoms with E-state index in [4.69, 9.17) is 0 Å². The fraction of sp³-hybridized carbons (Fsp3) is 0.200. The van der Waals surface area contributed by atoms with Crippen LogP contribution in [-0.2, 0) is 17.1 Å². The van der Waals surface area contributed by atoms with Gasteiger partial charge in [0, 0.05) is 12.7 Å². The highest BCUT2D eigenvalue weighted by Crippen LogP contribution is 2.24. The van der Waals surface area contributed by atoms with Crippen LogP contribution in [0.1, 0.15) is 5.56 Å². The zero-order chi connectivity index (χ0) is 14.2. The van der Waals surface area contributed by atoms with Crippen LogP contribution < -0.4 is 4.72 Å². The van der Waals surface area contributed by atoms with Crippen LogP contribution in [-0.4, -0.2) is 28.5 Å². The quantitative estimate of drug-likeness (QED) is 0.818. The van der Waals surface area contributed by atoms with E-state index in [0.717, 1.165) is 4.68 Å². The van der Waals surface area contributed by atoms with Gasteiger partial charge in [-0.1, -0.05) is 5.21 Å². The van der Waals surface area contributed by atoms with Gasteiger partial charge in [0.1, 0.15) is 5.75 Å². The van der Waals surface area contributed by atoms with Gasteiger partial charge >= 0.3 is 0 Å². The number of hydrogen-bond donors (Lipinski definition) is 2. The van der Waals surface area contributed by atoms with Crippen LogP contribution >= 0.6 is 15.9 Å². The monoisotopic (exact) mass is 346 g/mol. The van der Waals surface area contributed by atoms with Crippen molar-refractivity contribution in [3.8, 4) is 5.75 Å². The summed E-state index contributed by atoms with van der Waals surface area (Å²) in [5.41, 5.74) is 0.922. The Hall–Kier alpha value is -1.61. The Bertz CT molecular complexity index is 707. The Balaban J connectivity index is 2.39. The molecule has 1 aromatic carbocycles. The largest absolute Gasteiger partial charge is 0.508 e. The molecule has 0 amide bonds. The Kier molecular flexibility index (Phi) is 3.50. The molecule has 0 unspecified atom stereocenters. The molecular weight excluding hydrogens is 336 g/mol. The number of aryl methyl sites for hydroxylation is 2. The minimum absolute atomic E-state index is 0.0711. The smallest absolute Gasteiger partial charge is 0.281 e. The van der Waals surface area contributed by atoms with Crippen molar-refractivity contribution in [2.75, 3.05) is 4.72 Å². The minimum Gasteiger partial charge on any atom is -0.508 e. The number of hydrogen-bond acceptors (Lipinski definition) is 5. The van der Waals surface area contributed by atoms with E-state index in [0.29, 0.717) is 11.3 Å². The molecule has 0 atom stereocenters. The fourth-order valence-electron chi connectivity index (χ4n) is 1.53. The number of halogens is 1. The summed E-state index contributed by atoms with van der Waals surface area (Å²) in [6, 6.07) is 4.42. The highest BCUT2D eigenvalue weighted by molar-refractivity contribution is 9.10. The van der Waals surface area contributed by atoms with Crippen molar-refractivity contribution in [3.05, 3.63) is 28.4 Å². The first-order chi connectivity index (χ1) is 8.81. The van der Waals surface area contributed by atoms with Gasteiger partial charge in [-0.25, -0.2) is 4.68 Å². The van der Waals surface area contributed by atoms with E-state index in [1.165, 1.54) is 25.2 Å². The number of phenolic OH excluding ortho intramolecular Hbond substituents is 1. The molecule has 0 radical (unpaired) electrons. The molecule has 0 aliphatic heterocycles. The number of aromatic nitrogens is 3. The van der Waals surface area contributed by atoms with Crippen LogP contribution in [0.5, 0.6) is 5.75 Å². The predicted molar refractivity (Wildman–Crippen MR) is 72.4 cm³/mol. The zero-order valence-corrected chi connectivity index (χ0v) is 12.5. The molecule has 0 spiro atoms. The molecule has 2 aromatic rings. The van der Waals surface area contributed by atoms with Crippen molar-refractivity contribution < 1.29 is 13.5 Å². The average Bonchev–Trinajstić information content (AvgIpc) is 2.64. The summed E-state index contributed by atoms with van der Waals surface area (Å²) in [5, 5.41) is 16.6. The molecule has 1 heterocycles. The lowest BCUT2D eigenvalue weighted by molar-refractivity contribution is 0.471. The summed E-state index contributed by atoms with van der Waals surface area (Å²) in [6.45, 7) is 1.68. The van der Waals surface area contributed by atoms with Gasteiger partial charge in [0.15, 0.2) is 4.60 Å². The Morgan fingerprint density at radius 1 is 1.42 bits per heavy atom. The summed E-state index contributed by atoms with van der Waals surface area (Å²) >= 11 is 3.04. The van der Waals surface area contributed by atoms with E-state index in [2.05, 4.69) is 31.0 Å². The van der Waals surface area contributed by atoms with Crippen molar-refractivity contribution in [2.45, 2.75) is 11.9 Å². The molecule has 9 heteroatoms. The molecule has 2 N–H and O–H groups in total. The van der Waals surface area contributed by atoms with Gasteiger partial charge in [-0.05, 0) is 46.6 Å². The van der Waals surface area contributed by atoms with Crippen molar-refractivity contribution in [2.24, 2.45) is 7.05 Å². The standard InChI is InChI=1S/C10H11BrN4O3S/c1-6-5-7(3-4-8(6)16)13-19(17,18)10-9(11)12-14-15(10)2/h3-5,13,16H,1-2H3. The molecule has 0 bridgehead atoms. The number of benzene rings is 1. The molecule has 19 heavy (non-hydrogen) atoms. The van der Waals surface area contributed by atoms with E-state index in [-0.39, 0.29) is 15.4 Å². The second-order valence-corrected chi connectivity index (χ2v) is 6.26. The van der Waals surface area contributed by atoms with Gasteiger partial charge in [0.05, 0.1) is 0 Å². The van der Waals surface area contributed by atoms with Gasteiger partial charge in [0.25, 0.3) is 10.0 Å². The zero-order valence-electron chi connectivity index (χ0n) is 10.1. The molecule has 0 saturated heterocycles. The van der Waals surface area contributed by atoms with Crippen LogP contribution in [0.4, 0.5) is 5.69 Å². The highest BCUT2D eigenvalue weighted by atomic mass is 79.9. The number of aromatic hydroxyl groups is 1. The SMILES string of the molecule is Cc1cc(NS(=O)(=O)c2c(Br)nnn2C)ccc1O. The molecule has 2 rings (SSSR count). The molecular formula is C10H11BrN4O3S. The second-order valence-electron chi connectivity index (χ2n) is 3.92. The number of sulfonamides is 1. The first-order valence-corrected chi connectivity index (χ1v) is 7.46.